The molecular weight excluding hydrogens is 238 g/mol. The minimum atomic E-state index is -0.583. The average Bonchev–Trinajstić information content (AvgIpc) is 2.37. The molecule has 1 aromatic rings. The first-order valence-electron chi connectivity index (χ1n) is 6.82. The first-order chi connectivity index (χ1) is 8.87. The van der Waals surface area contributed by atoms with Crippen molar-refractivity contribution in [3.63, 3.8) is 0 Å². The van der Waals surface area contributed by atoms with E-state index in [1.807, 2.05) is 32.7 Å². The molecule has 1 rings (SSSR count). The van der Waals surface area contributed by atoms with Crippen LogP contribution in [0.4, 0.5) is 0 Å². The van der Waals surface area contributed by atoms with Gasteiger partial charge in [-0.25, -0.2) is 0 Å². The second-order valence-electron chi connectivity index (χ2n) is 5.44. The molecule has 0 amide bonds. The van der Waals surface area contributed by atoms with Crippen molar-refractivity contribution in [2.45, 2.75) is 39.7 Å². The summed E-state index contributed by atoms with van der Waals surface area (Å²) in [5, 5.41) is 0. The summed E-state index contributed by atoms with van der Waals surface area (Å²) in [6.07, 6.45) is 0.930. The molecule has 3 heteroatoms. The quantitative estimate of drug-likeness (QED) is 0.739. The Morgan fingerprint density at radius 3 is 2.37 bits per heavy atom. The molecule has 0 aromatic heterocycles. The fourth-order valence-corrected chi connectivity index (χ4v) is 1.79. The number of hydrogen-bond donors (Lipinski definition) is 0. The topological polar surface area (TPSA) is 29.5 Å². The molecule has 106 valence electrons. The second-order valence-corrected chi connectivity index (χ2v) is 5.44. The zero-order valence-electron chi connectivity index (χ0n) is 12.7. The minimum absolute atomic E-state index is 0.165. The number of carbonyl (C=O) groups excluding carboxylic acids is 1. The van der Waals surface area contributed by atoms with Crippen LogP contribution >= 0.6 is 0 Å². The summed E-state index contributed by atoms with van der Waals surface area (Å²) in [5.74, 6) is -0.165. The predicted molar refractivity (Wildman–Crippen MR) is 78.2 cm³/mol. The van der Waals surface area contributed by atoms with Gasteiger partial charge in [-0.3, -0.25) is 9.69 Å². The molecule has 0 saturated heterocycles. The van der Waals surface area contributed by atoms with Crippen LogP contribution in [-0.4, -0.2) is 36.6 Å². The van der Waals surface area contributed by atoms with E-state index in [1.165, 1.54) is 11.1 Å². The Morgan fingerprint density at radius 2 is 1.84 bits per heavy atom. The Labute approximate surface area is 116 Å². The Hall–Kier alpha value is -1.35. The third kappa shape index (κ3) is 4.35. The van der Waals surface area contributed by atoms with Gasteiger partial charge in [0.1, 0.15) is 5.54 Å². The molecule has 0 saturated carbocycles. The molecule has 0 aliphatic heterocycles. The van der Waals surface area contributed by atoms with Gasteiger partial charge >= 0.3 is 5.97 Å². The lowest BCUT2D eigenvalue weighted by Crippen LogP contribution is -2.49. The van der Waals surface area contributed by atoms with Crippen molar-refractivity contribution in [2.24, 2.45) is 0 Å². The molecule has 3 nitrogen and oxygen atoms in total. The van der Waals surface area contributed by atoms with Gasteiger partial charge in [-0.15, -0.1) is 0 Å². The van der Waals surface area contributed by atoms with E-state index in [9.17, 15) is 4.79 Å². The average molecular weight is 263 g/mol. The van der Waals surface area contributed by atoms with Crippen LogP contribution in [0.5, 0.6) is 0 Å². The fourth-order valence-electron chi connectivity index (χ4n) is 1.79. The van der Waals surface area contributed by atoms with Crippen molar-refractivity contribution in [1.82, 2.24) is 4.90 Å². The lowest BCUT2D eigenvalue weighted by molar-refractivity contribution is -0.154. The molecule has 0 radical (unpaired) electrons. The summed E-state index contributed by atoms with van der Waals surface area (Å²) in [7, 11) is 1.96. The van der Waals surface area contributed by atoms with Crippen LogP contribution in [0.3, 0.4) is 0 Å². The SMILES string of the molecule is CCOC(=O)C(C)(C)N(C)CCc1ccc(C)cc1. The summed E-state index contributed by atoms with van der Waals surface area (Å²) in [4.78, 5) is 13.9. The number of ether oxygens (including phenoxy) is 1. The van der Waals surface area contributed by atoms with Crippen molar-refractivity contribution in [3.05, 3.63) is 35.4 Å². The molecule has 0 N–H and O–H groups in total. The van der Waals surface area contributed by atoms with Crippen molar-refractivity contribution in [2.75, 3.05) is 20.2 Å². The molecule has 0 heterocycles. The summed E-state index contributed by atoms with van der Waals surface area (Å²) < 4.78 is 5.11. The van der Waals surface area contributed by atoms with Gasteiger partial charge in [0, 0.05) is 6.54 Å². The van der Waals surface area contributed by atoms with Crippen LogP contribution in [0.2, 0.25) is 0 Å². The Morgan fingerprint density at radius 1 is 1.26 bits per heavy atom. The Balaban J connectivity index is 2.56. The molecule has 0 spiro atoms. The lowest BCUT2D eigenvalue weighted by atomic mass is 10.0. The van der Waals surface area contributed by atoms with Gasteiger partial charge < -0.3 is 4.74 Å². The Kier molecular flexibility index (Phi) is 5.55. The molecule has 0 bridgehead atoms. The first kappa shape index (κ1) is 15.7. The van der Waals surface area contributed by atoms with Crippen LogP contribution in [-0.2, 0) is 16.0 Å². The summed E-state index contributed by atoms with van der Waals surface area (Å²) >= 11 is 0. The smallest absolute Gasteiger partial charge is 0.325 e. The number of rotatable bonds is 6. The zero-order chi connectivity index (χ0) is 14.5. The van der Waals surface area contributed by atoms with Gasteiger partial charge in [-0.1, -0.05) is 29.8 Å². The van der Waals surface area contributed by atoms with E-state index in [4.69, 9.17) is 4.74 Å². The molecule has 0 aliphatic rings. The lowest BCUT2D eigenvalue weighted by Gasteiger charge is -2.33. The van der Waals surface area contributed by atoms with Crippen molar-refractivity contribution in [3.8, 4) is 0 Å². The molecule has 19 heavy (non-hydrogen) atoms. The molecule has 0 aliphatic carbocycles. The standard InChI is InChI=1S/C16H25NO2/c1-6-19-15(18)16(3,4)17(5)12-11-14-9-7-13(2)8-10-14/h7-10H,6,11-12H2,1-5H3. The van der Waals surface area contributed by atoms with Crippen LogP contribution in [0, 0.1) is 6.92 Å². The van der Waals surface area contributed by atoms with Crippen LogP contribution in [0.15, 0.2) is 24.3 Å². The van der Waals surface area contributed by atoms with Gasteiger partial charge in [0.05, 0.1) is 6.61 Å². The van der Waals surface area contributed by atoms with E-state index in [0.29, 0.717) is 6.61 Å². The van der Waals surface area contributed by atoms with Gasteiger partial charge in [0.2, 0.25) is 0 Å². The fraction of sp³-hybridized carbons (Fsp3) is 0.562. The van der Waals surface area contributed by atoms with E-state index < -0.39 is 5.54 Å². The van der Waals surface area contributed by atoms with Crippen molar-refractivity contribution < 1.29 is 9.53 Å². The normalized spacial score (nSPS) is 11.7. The summed E-state index contributed by atoms with van der Waals surface area (Å²) in [6, 6.07) is 8.51. The highest BCUT2D eigenvalue weighted by atomic mass is 16.5. The number of esters is 1. The first-order valence-corrected chi connectivity index (χ1v) is 6.82. The number of nitrogens with zero attached hydrogens (tertiary/aromatic N) is 1. The van der Waals surface area contributed by atoms with Crippen LogP contribution in [0.25, 0.3) is 0 Å². The molecular formula is C16H25NO2. The third-order valence-electron chi connectivity index (χ3n) is 3.59. The largest absolute Gasteiger partial charge is 0.465 e. The van der Waals surface area contributed by atoms with Gasteiger partial charge in [-0.2, -0.15) is 0 Å². The van der Waals surface area contributed by atoms with E-state index in [2.05, 4.69) is 31.2 Å². The zero-order valence-corrected chi connectivity index (χ0v) is 12.7. The number of hydrogen-bond acceptors (Lipinski definition) is 3. The second kappa shape index (κ2) is 6.71. The summed E-state index contributed by atoms with van der Waals surface area (Å²) in [6.45, 7) is 8.98. The Bertz CT molecular complexity index is 409. The van der Waals surface area contributed by atoms with E-state index >= 15 is 0 Å². The number of aryl methyl sites for hydroxylation is 1. The maximum absolute atomic E-state index is 11.9. The molecule has 1 aromatic carbocycles. The monoisotopic (exact) mass is 263 g/mol. The van der Waals surface area contributed by atoms with E-state index in [1.54, 1.807) is 0 Å². The predicted octanol–water partition coefficient (Wildman–Crippen LogP) is 2.81. The highest BCUT2D eigenvalue weighted by Gasteiger charge is 2.33. The van der Waals surface area contributed by atoms with E-state index in [-0.39, 0.29) is 5.97 Å². The maximum atomic E-state index is 11.9. The van der Waals surface area contributed by atoms with Gasteiger partial charge in [-0.05, 0) is 46.7 Å². The number of benzene rings is 1. The highest BCUT2D eigenvalue weighted by molar-refractivity contribution is 5.79. The molecule has 0 atom stereocenters. The molecule has 0 fully saturated rings. The molecule has 0 unspecified atom stereocenters. The van der Waals surface area contributed by atoms with E-state index in [0.717, 1.165) is 13.0 Å². The summed E-state index contributed by atoms with van der Waals surface area (Å²) in [5.41, 5.74) is 1.97. The van der Waals surface area contributed by atoms with Crippen LogP contribution in [0.1, 0.15) is 31.9 Å². The van der Waals surface area contributed by atoms with Crippen LogP contribution < -0.4 is 0 Å². The van der Waals surface area contributed by atoms with Crippen molar-refractivity contribution in [1.29, 1.82) is 0 Å². The highest BCUT2D eigenvalue weighted by Crippen LogP contribution is 2.15. The van der Waals surface area contributed by atoms with Gasteiger partial charge in [0.25, 0.3) is 0 Å². The minimum Gasteiger partial charge on any atom is -0.465 e. The number of likely N-dealkylation sites (N-methyl/N-ethyl adjacent to an activating group) is 1. The van der Waals surface area contributed by atoms with Gasteiger partial charge in [0.15, 0.2) is 0 Å². The van der Waals surface area contributed by atoms with Crippen molar-refractivity contribution >= 4 is 5.97 Å². The number of carbonyl (C=O) groups is 1. The maximum Gasteiger partial charge on any atom is 0.325 e. The third-order valence-corrected chi connectivity index (χ3v) is 3.59.